The summed E-state index contributed by atoms with van der Waals surface area (Å²) in [5.74, 6) is -1.07. The van der Waals surface area contributed by atoms with Crippen LogP contribution in [-0.2, 0) is 4.79 Å². The van der Waals surface area contributed by atoms with Gasteiger partial charge >= 0.3 is 12.0 Å². The molecule has 106 valence electrons. The second kappa shape index (κ2) is 6.61. The average molecular weight is 258 g/mol. The van der Waals surface area contributed by atoms with Gasteiger partial charge in [0.05, 0.1) is 0 Å². The summed E-state index contributed by atoms with van der Waals surface area (Å²) in [6, 6.07) is -1.16. The Morgan fingerprint density at radius 3 is 2.17 bits per heavy atom. The summed E-state index contributed by atoms with van der Waals surface area (Å²) in [6.07, 6.45) is 0.709. The van der Waals surface area contributed by atoms with Crippen molar-refractivity contribution in [1.29, 1.82) is 0 Å². The van der Waals surface area contributed by atoms with Gasteiger partial charge in [0.1, 0.15) is 6.04 Å². The number of hydrogen-bond donors (Lipinski definition) is 2. The van der Waals surface area contributed by atoms with Crippen molar-refractivity contribution in [2.45, 2.75) is 47.1 Å². The van der Waals surface area contributed by atoms with E-state index in [2.05, 4.69) is 5.32 Å². The number of nitrogens with zero attached hydrogens (tertiary/aromatic N) is 1. The molecule has 5 heteroatoms. The minimum atomic E-state index is -0.984. The van der Waals surface area contributed by atoms with E-state index in [0.717, 1.165) is 0 Å². The SMILES string of the molecule is CCC(C)[C@H](NC(=O)N(C)CC(C)(C)C)C(=O)O. The molecule has 2 amide bonds. The third-order valence-electron chi connectivity index (χ3n) is 2.82. The fourth-order valence-electron chi connectivity index (χ4n) is 1.71. The first-order valence-corrected chi connectivity index (χ1v) is 6.33. The second-order valence-electron chi connectivity index (χ2n) is 6.07. The van der Waals surface area contributed by atoms with Gasteiger partial charge in [-0.15, -0.1) is 0 Å². The van der Waals surface area contributed by atoms with Gasteiger partial charge in [-0.1, -0.05) is 41.0 Å². The van der Waals surface area contributed by atoms with Crippen LogP contribution in [0.25, 0.3) is 0 Å². The first-order valence-electron chi connectivity index (χ1n) is 6.33. The summed E-state index contributed by atoms with van der Waals surface area (Å²) in [7, 11) is 1.68. The summed E-state index contributed by atoms with van der Waals surface area (Å²) in [5, 5.41) is 11.7. The lowest BCUT2D eigenvalue weighted by Crippen LogP contribution is -2.50. The van der Waals surface area contributed by atoms with Gasteiger partial charge in [-0.3, -0.25) is 0 Å². The number of carboxylic acids is 1. The summed E-state index contributed by atoms with van der Waals surface area (Å²) >= 11 is 0. The zero-order chi connectivity index (χ0) is 14.5. The van der Waals surface area contributed by atoms with E-state index >= 15 is 0 Å². The maximum Gasteiger partial charge on any atom is 0.326 e. The smallest absolute Gasteiger partial charge is 0.326 e. The highest BCUT2D eigenvalue weighted by Crippen LogP contribution is 2.14. The van der Waals surface area contributed by atoms with Crippen molar-refractivity contribution in [2.24, 2.45) is 11.3 Å². The number of urea groups is 1. The van der Waals surface area contributed by atoms with E-state index in [0.29, 0.717) is 13.0 Å². The Morgan fingerprint density at radius 2 is 1.83 bits per heavy atom. The number of rotatable bonds is 5. The van der Waals surface area contributed by atoms with Crippen molar-refractivity contribution in [3.8, 4) is 0 Å². The Balaban J connectivity index is 4.56. The Morgan fingerprint density at radius 1 is 1.33 bits per heavy atom. The molecule has 0 aliphatic rings. The molecular formula is C13H26N2O3. The topological polar surface area (TPSA) is 69.6 Å². The van der Waals surface area contributed by atoms with Crippen molar-refractivity contribution >= 4 is 12.0 Å². The van der Waals surface area contributed by atoms with Crippen molar-refractivity contribution in [3.63, 3.8) is 0 Å². The molecule has 0 aliphatic heterocycles. The summed E-state index contributed by atoms with van der Waals surface area (Å²) < 4.78 is 0. The number of hydrogen-bond acceptors (Lipinski definition) is 2. The zero-order valence-corrected chi connectivity index (χ0v) is 12.3. The lowest BCUT2D eigenvalue weighted by molar-refractivity contribution is -0.140. The molecule has 1 unspecified atom stereocenters. The Kier molecular flexibility index (Phi) is 6.15. The number of carbonyl (C=O) groups excluding carboxylic acids is 1. The molecule has 0 heterocycles. The molecular weight excluding hydrogens is 232 g/mol. The molecule has 0 saturated carbocycles. The van der Waals surface area contributed by atoms with Gasteiger partial charge in [-0.25, -0.2) is 9.59 Å². The number of nitrogens with one attached hydrogen (secondary N) is 1. The molecule has 0 aromatic rings. The molecule has 2 N–H and O–H groups in total. The number of amides is 2. The van der Waals surface area contributed by atoms with Crippen LogP contribution >= 0.6 is 0 Å². The minimum Gasteiger partial charge on any atom is -0.480 e. The van der Waals surface area contributed by atoms with Crippen LogP contribution in [0.5, 0.6) is 0 Å². The Labute approximate surface area is 110 Å². The molecule has 0 saturated heterocycles. The quantitative estimate of drug-likeness (QED) is 0.794. The highest BCUT2D eigenvalue weighted by molar-refractivity contribution is 5.82. The van der Waals surface area contributed by atoms with Gasteiger partial charge in [0.25, 0.3) is 0 Å². The third kappa shape index (κ3) is 5.89. The van der Waals surface area contributed by atoms with Crippen LogP contribution in [0.4, 0.5) is 4.79 Å². The molecule has 2 atom stereocenters. The minimum absolute atomic E-state index is 0.0127. The predicted molar refractivity (Wildman–Crippen MR) is 71.5 cm³/mol. The fraction of sp³-hybridized carbons (Fsp3) is 0.846. The van der Waals surface area contributed by atoms with Crippen LogP contribution in [-0.4, -0.2) is 41.6 Å². The van der Waals surface area contributed by atoms with Crippen LogP contribution < -0.4 is 5.32 Å². The first kappa shape index (κ1) is 16.7. The number of carboxylic acid groups (broad SMARTS) is 1. The fourth-order valence-corrected chi connectivity index (χ4v) is 1.71. The molecule has 0 radical (unpaired) electrons. The summed E-state index contributed by atoms with van der Waals surface area (Å²) in [4.78, 5) is 24.5. The molecule has 0 spiro atoms. The van der Waals surface area contributed by atoms with Gasteiger partial charge in [0.15, 0.2) is 0 Å². The van der Waals surface area contributed by atoms with E-state index in [1.807, 2.05) is 34.6 Å². The van der Waals surface area contributed by atoms with Crippen molar-refractivity contribution in [3.05, 3.63) is 0 Å². The van der Waals surface area contributed by atoms with E-state index in [-0.39, 0.29) is 17.4 Å². The average Bonchev–Trinajstić information content (AvgIpc) is 2.21. The number of carbonyl (C=O) groups is 2. The van der Waals surface area contributed by atoms with Gasteiger partial charge < -0.3 is 15.3 Å². The van der Waals surface area contributed by atoms with Crippen LogP contribution in [0.1, 0.15) is 41.0 Å². The normalized spacial score (nSPS) is 14.8. The van der Waals surface area contributed by atoms with Crippen LogP contribution in [0.2, 0.25) is 0 Å². The summed E-state index contributed by atoms with van der Waals surface area (Å²) in [6.45, 7) is 10.4. The molecule has 0 aromatic carbocycles. The van der Waals surface area contributed by atoms with E-state index in [1.54, 1.807) is 7.05 Å². The van der Waals surface area contributed by atoms with Crippen LogP contribution in [0.3, 0.4) is 0 Å². The number of aliphatic carboxylic acids is 1. The van der Waals surface area contributed by atoms with Crippen LogP contribution in [0, 0.1) is 11.3 Å². The maximum atomic E-state index is 11.9. The first-order chi connectivity index (χ1) is 8.08. The van der Waals surface area contributed by atoms with Crippen molar-refractivity contribution < 1.29 is 14.7 Å². The standard InChI is InChI=1S/C13H26N2O3/c1-7-9(2)10(11(16)17)14-12(18)15(6)8-13(3,4)5/h9-10H,7-8H2,1-6H3,(H,14,18)(H,16,17)/t9?,10-/m0/s1. The lowest BCUT2D eigenvalue weighted by Gasteiger charge is -2.29. The lowest BCUT2D eigenvalue weighted by atomic mass is 9.96. The molecule has 0 bridgehead atoms. The van der Waals surface area contributed by atoms with E-state index in [9.17, 15) is 9.59 Å². The highest BCUT2D eigenvalue weighted by atomic mass is 16.4. The monoisotopic (exact) mass is 258 g/mol. The zero-order valence-electron chi connectivity index (χ0n) is 12.3. The third-order valence-corrected chi connectivity index (χ3v) is 2.82. The largest absolute Gasteiger partial charge is 0.480 e. The highest BCUT2D eigenvalue weighted by Gasteiger charge is 2.27. The summed E-state index contributed by atoms with van der Waals surface area (Å²) in [5.41, 5.74) is -0.0127. The molecule has 5 nitrogen and oxygen atoms in total. The molecule has 0 aromatic heterocycles. The van der Waals surface area contributed by atoms with Gasteiger partial charge in [-0.05, 0) is 11.3 Å². The Bertz CT molecular complexity index is 297. The molecule has 0 rings (SSSR count). The van der Waals surface area contributed by atoms with Gasteiger partial charge in [-0.2, -0.15) is 0 Å². The van der Waals surface area contributed by atoms with Crippen molar-refractivity contribution in [2.75, 3.05) is 13.6 Å². The maximum absolute atomic E-state index is 11.9. The van der Waals surface area contributed by atoms with Gasteiger partial charge in [0, 0.05) is 13.6 Å². The van der Waals surface area contributed by atoms with Crippen molar-refractivity contribution in [1.82, 2.24) is 10.2 Å². The van der Waals surface area contributed by atoms with E-state index < -0.39 is 12.0 Å². The molecule has 18 heavy (non-hydrogen) atoms. The molecule has 0 aliphatic carbocycles. The van der Waals surface area contributed by atoms with E-state index in [4.69, 9.17) is 5.11 Å². The molecule has 0 fully saturated rings. The van der Waals surface area contributed by atoms with Crippen LogP contribution in [0.15, 0.2) is 0 Å². The Hall–Kier alpha value is -1.26. The second-order valence-corrected chi connectivity index (χ2v) is 6.07. The van der Waals surface area contributed by atoms with E-state index in [1.165, 1.54) is 4.90 Å². The van der Waals surface area contributed by atoms with Gasteiger partial charge in [0.2, 0.25) is 0 Å². The predicted octanol–water partition coefficient (Wildman–Crippen LogP) is 2.17.